The molecule has 0 aliphatic rings. The van der Waals surface area contributed by atoms with E-state index in [9.17, 15) is 0 Å². The molecule has 6 aromatic carbocycles. The van der Waals surface area contributed by atoms with Crippen molar-refractivity contribution in [2.45, 2.75) is 55.1 Å². The Hall–Kier alpha value is -6.54. The predicted octanol–water partition coefficient (Wildman–Crippen LogP) is 10.5. The van der Waals surface area contributed by atoms with Crippen molar-refractivity contribution in [1.82, 2.24) is 0 Å². The Morgan fingerprint density at radius 2 is 0.594 bits per heavy atom. The Labute approximate surface area is 428 Å². The van der Waals surface area contributed by atoms with Crippen molar-refractivity contribution in [3.05, 3.63) is 145 Å². The third-order valence-electron chi connectivity index (χ3n) is 10.6. The smallest absolute Gasteiger partial charge is 0.0702 e. The van der Waals surface area contributed by atoms with E-state index in [1.807, 2.05) is 130 Å². The summed E-state index contributed by atoms with van der Waals surface area (Å²) in [5.74, 6) is 0. The molecule has 6 aromatic rings. The third-order valence-corrected chi connectivity index (χ3v) is 10.6. The molecule has 6 rings (SSSR count). The number of nitrogens with zero attached hydrogens (tertiary/aromatic N) is 5. The van der Waals surface area contributed by atoms with Crippen LogP contribution < -0.4 is 64.6 Å². The number of hydrogen-bond donors (Lipinski definition) is 8. The van der Waals surface area contributed by atoms with Gasteiger partial charge in [-0.05, 0) is 187 Å². The van der Waals surface area contributed by atoms with Gasteiger partial charge in [-0.1, -0.05) is 0 Å². The molecule has 15 N–H and O–H groups in total. The van der Waals surface area contributed by atoms with E-state index in [2.05, 4.69) is 80.5 Å². The molecule has 13 nitrogen and oxygen atoms in total. The summed E-state index contributed by atoms with van der Waals surface area (Å²) >= 11 is 0. The lowest BCUT2D eigenvalue weighted by molar-refractivity contribution is 0.282. The highest BCUT2D eigenvalue weighted by Crippen LogP contribution is 2.22. The monoisotopic (exact) mass is 989 g/mol. The third kappa shape index (κ3) is 24.9. The first-order valence-electron chi connectivity index (χ1n) is 23.0. The summed E-state index contributed by atoms with van der Waals surface area (Å²) in [5, 5.41) is 9.07. The van der Waals surface area contributed by atoms with E-state index in [-0.39, 0.29) is 31.4 Å². The van der Waals surface area contributed by atoms with E-state index in [1.54, 1.807) is 24.3 Å². The lowest BCUT2D eigenvalue weighted by Gasteiger charge is -2.21. The maximum atomic E-state index is 9.07. The highest BCUT2D eigenvalue weighted by molar-refractivity contribution is 5.85. The van der Waals surface area contributed by atoms with Gasteiger partial charge >= 0.3 is 0 Å². The van der Waals surface area contributed by atoms with Crippen LogP contribution in [0.5, 0.6) is 0 Å². The first kappa shape index (κ1) is 64.5. The van der Waals surface area contributed by atoms with E-state index >= 15 is 0 Å². The molecule has 0 bridgehead atoms. The molecule has 0 amide bonds. The first-order valence-corrected chi connectivity index (χ1v) is 23.0. The summed E-state index contributed by atoms with van der Waals surface area (Å²) in [4.78, 5) is 10.9. The lowest BCUT2D eigenvalue weighted by atomic mass is 10.1. The molecule has 0 aliphatic heterocycles. The number of aryl methyl sites for hydroxylation is 1. The second-order valence-corrected chi connectivity index (χ2v) is 15.8. The molecule has 0 heterocycles. The number of rotatable bonds is 12. The SMILES string of the molecule is CCN(CC)c1ccc(N)c(C)c1.CCN(CC)c1ccc(N)c(CO)c1.CCN(CC)c1ccc(N)cc1.CN(C)c1ccc(N)cc1.CN(C)c1ccc(N)cc1.Cl.Cl.Nc1ccc(N)cc1. The van der Waals surface area contributed by atoms with Crippen LogP contribution in [-0.2, 0) is 6.61 Å². The van der Waals surface area contributed by atoms with Crippen LogP contribution in [0.25, 0.3) is 0 Å². The minimum atomic E-state index is 0. The van der Waals surface area contributed by atoms with Crippen molar-refractivity contribution in [2.24, 2.45) is 0 Å². The zero-order chi connectivity index (χ0) is 50.5. The van der Waals surface area contributed by atoms with Gasteiger partial charge in [0.1, 0.15) is 0 Å². The number of anilines is 12. The maximum absolute atomic E-state index is 9.07. The maximum Gasteiger partial charge on any atom is 0.0702 e. The molecule has 0 spiro atoms. The molecule has 69 heavy (non-hydrogen) atoms. The highest BCUT2D eigenvalue weighted by Gasteiger charge is 2.05. The minimum Gasteiger partial charge on any atom is -0.399 e. The van der Waals surface area contributed by atoms with Gasteiger partial charge < -0.3 is 69.7 Å². The topological polar surface area (TPSA) is 219 Å². The standard InChI is InChI=1S/C11H18N2O.C11H18N2.C10H16N2.2C8H12N2.C6H8N2.2ClH/c1-3-13(4-2)10-5-6-11(12)9(7-10)8-14;1-4-13(5-2)10-6-7-11(12)9(3)8-10;1-3-12(4-2)10-7-5-9(11)6-8-10;2*1-10(2)8-5-3-7(9)4-6-8;7-5-1-2-6(8)4-3-5;;/h5-7,14H,3-4,8,12H2,1-2H3;6-8H,4-5,12H2,1-3H3;5-8H,3-4,11H2,1-2H3;2*3-6H,9H2,1-2H3;1-4H,7-8H2;2*1H. The number of nitrogens with two attached hydrogens (primary N) is 7. The lowest BCUT2D eigenvalue weighted by Crippen LogP contribution is -2.21. The minimum absolute atomic E-state index is 0. The summed E-state index contributed by atoms with van der Waals surface area (Å²) in [6.45, 7) is 21.0. The van der Waals surface area contributed by atoms with E-state index in [0.717, 1.165) is 90.2 Å². The van der Waals surface area contributed by atoms with Crippen LogP contribution in [0.4, 0.5) is 68.2 Å². The van der Waals surface area contributed by atoms with Crippen LogP contribution in [0.1, 0.15) is 52.7 Å². The van der Waals surface area contributed by atoms with Crippen molar-refractivity contribution in [3.63, 3.8) is 0 Å². The second-order valence-electron chi connectivity index (χ2n) is 15.8. The summed E-state index contributed by atoms with van der Waals surface area (Å²) in [6.07, 6.45) is 0. The second kappa shape index (κ2) is 35.6. The Balaban J connectivity index is 0. The quantitative estimate of drug-likeness (QED) is 0.0536. The summed E-state index contributed by atoms with van der Waals surface area (Å²) in [6, 6.07) is 42.6. The Morgan fingerprint density at radius 1 is 0.348 bits per heavy atom. The molecule has 382 valence electrons. The molecule has 0 saturated heterocycles. The molecule has 0 radical (unpaired) electrons. The van der Waals surface area contributed by atoms with Crippen molar-refractivity contribution >= 4 is 93.1 Å². The van der Waals surface area contributed by atoms with Crippen LogP contribution in [0.15, 0.2) is 133 Å². The van der Waals surface area contributed by atoms with Crippen molar-refractivity contribution < 1.29 is 5.11 Å². The van der Waals surface area contributed by atoms with Gasteiger partial charge in [-0.15, -0.1) is 24.8 Å². The summed E-state index contributed by atoms with van der Waals surface area (Å²) in [7, 11) is 8.02. The van der Waals surface area contributed by atoms with Gasteiger partial charge in [-0.25, -0.2) is 0 Å². The molecule has 0 atom stereocenters. The van der Waals surface area contributed by atoms with Gasteiger partial charge in [0.05, 0.1) is 6.61 Å². The number of nitrogen functional groups attached to an aromatic ring is 7. The van der Waals surface area contributed by atoms with Gasteiger partial charge in [0, 0.05) is 141 Å². The fraction of sp³-hybridized carbons (Fsp3) is 0.333. The molecule has 0 fully saturated rings. The fourth-order valence-electron chi connectivity index (χ4n) is 6.27. The normalized spacial score (nSPS) is 9.45. The highest BCUT2D eigenvalue weighted by atomic mass is 35.5. The van der Waals surface area contributed by atoms with Gasteiger partial charge in [0.2, 0.25) is 0 Å². The zero-order valence-corrected chi connectivity index (χ0v) is 44.8. The van der Waals surface area contributed by atoms with Gasteiger partial charge in [0.25, 0.3) is 0 Å². The number of benzene rings is 6. The molecule has 0 unspecified atom stereocenters. The molecular weight excluding hydrogens is 904 g/mol. The first-order chi connectivity index (χ1) is 31.9. The van der Waals surface area contributed by atoms with E-state index in [1.165, 1.54) is 22.7 Å². The number of halogens is 2. The number of aliphatic hydroxyl groups is 1. The molecule has 0 saturated carbocycles. The Bertz CT molecular complexity index is 2130. The van der Waals surface area contributed by atoms with Gasteiger partial charge in [-0.2, -0.15) is 0 Å². The van der Waals surface area contributed by atoms with E-state index in [0.29, 0.717) is 5.69 Å². The fourth-order valence-corrected chi connectivity index (χ4v) is 6.27. The largest absolute Gasteiger partial charge is 0.399 e. The van der Waals surface area contributed by atoms with Crippen molar-refractivity contribution in [1.29, 1.82) is 0 Å². The predicted molar refractivity (Wildman–Crippen MR) is 314 cm³/mol. The average Bonchev–Trinajstić information content (AvgIpc) is 3.32. The van der Waals surface area contributed by atoms with Crippen LogP contribution in [-0.4, -0.2) is 72.6 Å². The summed E-state index contributed by atoms with van der Waals surface area (Å²) in [5.41, 5.74) is 52.2. The van der Waals surface area contributed by atoms with Crippen LogP contribution >= 0.6 is 24.8 Å². The molecule has 0 aliphatic carbocycles. The van der Waals surface area contributed by atoms with E-state index < -0.39 is 0 Å². The van der Waals surface area contributed by atoms with Crippen LogP contribution in [0.2, 0.25) is 0 Å². The number of hydrogen-bond acceptors (Lipinski definition) is 13. The Morgan fingerprint density at radius 3 is 0.870 bits per heavy atom. The average molecular weight is 990 g/mol. The molecule has 0 aromatic heterocycles. The van der Waals surface area contributed by atoms with E-state index in [4.69, 9.17) is 45.2 Å². The molecule has 15 heteroatoms. The molecular formula is C54H86Cl2N12O. The van der Waals surface area contributed by atoms with Crippen molar-refractivity contribution in [3.8, 4) is 0 Å². The zero-order valence-electron chi connectivity index (χ0n) is 43.2. The van der Waals surface area contributed by atoms with Crippen LogP contribution in [0, 0.1) is 6.92 Å². The van der Waals surface area contributed by atoms with Crippen LogP contribution in [0.3, 0.4) is 0 Å². The number of aliphatic hydroxyl groups excluding tert-OH is 1. The van der Waals surface area contributed by atoms with Crippen molar-refractivity contribution in [2.75, 3.05) is 132 Å². The van der Waals surface area contributed by atoms with Gasteiger partial charge in [-0.3, -0.25) is 0 Å². The summed E-state index contributed by atoms with van der Waals surface area (Å²) < 4.78 is 0. The van der Waals surface area contributed by atoms with Gasteiger partial charge in [0.15, 0.2) is 0 Å². The Kier molecular flexibility index (Phi) is 33.3.